The fraction of sp³-hybridized carbons (Fsp3) is 0.933. The van der Waals surface area contributed by atoms with Gasteiger partial charge in [0.05, 0.1) is 0 Å². The van der Waals surface area contributed by atoms with Crippen LogP contribution in [0.3, 0.4) is 0 Å². The highest BCUT2D eigenvalue weighted by Gasteiger charge is 1.97. The van der Waals surface area contributed by atoms with Gasteiger partial charge in [0.25, 0.3) is 0 Å². The van der Waals surface area contributed by atoms with Gasteiger partial charge in [0.15, 0.2) is 0 Å². The summed E-state index contributed by atoms with van der Waals surface area (Å²) in [6.07, 6.45) is 12.6. The molecular formula is C15H32N2O. The standard InChI is InChI=1S/C15H32N2O/c1-3-5-7-8-9-10-11-12-14-17-15(18)16-13-6-4-2/h3-14H2,1-2H3,(H2,16,17,18). The van der Waals surface area contributed by atoms with Crippen LogP contribution < -0.4 is 10.6 Å². The molecule has 0 bridgehead atoms. The van der Waals surface area contributed by atoms with Gasteiger partial charge in [-0.3, -0.25) is 0 Å². The van der Waals surface area contributed by atoms with Gasteiger partial charge in [-0.2, -0.15) is 0 Å². The molecule has 0 spiro atoms. The minimum atomic E-state index is -0.00797. The molecule has 0 fully saturated rings. The van der Waals surface area contributed by atoms with E-state index >= 15 is 0 Å². The van der Waals surface area contributed by atoms with E-state index in [1.807, 2.05) is 0 Å². The summed E-state index contributed by atoms with van der Waals surface area (Å²) in [5.41, 5.74) is 0. The van der Waals surface area contributed by atoms with Gasteiger partial charge in [0.2, 0.25) is 0 Å². The molecule has 0 aliphatic carbocycles. The van der Waals surface area contributed by atoms with Crippen LogP contribution in [0.5, 0.6) is 0 Å². The van der Waals surface area contributed by atoms with E-state index in [-0.39, 0.29) is 6.03 Å². The average Bonchev–Trinajstić information content (AvgIpc) is 2.37. The summed E-state index contributed by atoms with van der Waals surface area (Å²) in [6, 6.07) is -0.00797. The van der Waals surface area contributed by atoms with Crippen LogP contribution in [0.25, 0.3) is 0 Å². The number of carbonyl (C=O) groups excluding carboxylic acids is 1. The quantitative estimate of drug-likeness (QED) is 0.504. The second-order valence-corrected chi connectivity index (χ2v) is 5.01. The number of nitrogens with one attached hydrogen (secondary N) is 2. The van der Waals surface area contributed by atoms with Gasteiger partial charge in [-0.15, -0.1) is 0 Å². The summed E-state index contributed by atoms with van der Waals surface area (Å²) >= 11 is 0. The van der Waals surface area contributed by atoms with Crippen LogP contribution in [-0.2, 0) is 0 Å². The van der Waals surface area contributed by atoms with Gasteiger partial charge < -0.3 is 10.6 Å². The number of amides is 2. The molecular weight excluding hydrogens is 224 g/mol. The first kappa shape index (κ1) is 17.3. The first-order valence-corrected chi connectivity index (χ1v) is 7.83. The van der Waals surface area contributed by atoms with Crippen molar-refractivity contribution in [3.8, 4) is 0 Å². The van der Waals surface area contributed by atoms with Crippen LogP contribution in [0.1, 0.15) is 78.1 Å². The van der Waals surface area contributed by atoms with Gasteiger partial charge in [-0.25, -0.2) is 4.79 Å². The molecule has 108 valence electrons. The minimum Gasteiger partial charge on any atom is -0.338 e. The molecule has 0 aromatic rings. The number of hydrogen-bond acceptors (Lipinski definition) is 1. The maximum absolute atomic E-state index is 11.3. The Bertz CT molecular complexity index is 183. The Labute approximate surface area is 113 Å². The van der Waals surface area contributed by atoms with Crippen molar-refractivity contribution in [1.29, 1.82) is 0 Å². The second kappa shape index (κ2) is 14.3. The number of hydrogen-bond donors (Lipinski definition) is 2. The van der Waals surface area contributed by atoms with E-state index in [0.29, 0.717) is 0 Å². The molecule has 0 atom stereocenters. The highest BCUT2D eigenvalue weighted by molar-refractivity contribution is 5.73. The summed E-state index contributed by atoms with van der Waals surface area (Å²) in [7, 11) is 0. The van der Waals surface area contributed by atoms with E-state index in [4.69, 9.17) is 0 Å². The average molecular weight is 256 g/mol. The molecule has 0 saturated carbocycles. The molecule has 0 heterocycles. The zero-order valence-electron chi connectivity index (χ0n) is 12.4. The van der Waals surface area contributed by atoms with E-state index in [9.17, 15) is 4.79 Å². The Morgan fingerprint density at radius 1 is 0.667 bits per heavy atom. The first-order chi connectivity index (χ1) is 8.81. The maximum Gasteiger partial charge on any atom is 0.314 e. The molecule has 2 amide bonds. The number of unbranched alkanes of at least 4 members (excludes halogenated alkanes) is 8. The highest BCUT2D eigenvalue weighted by atomic mass is 16.2. The van der Waals surface area contributed by atoms with Crippen LogP contribution in [0, 0.1) is 0 Å². The van der Waals surface area contributed by atoms with Crippen molar-refractivity contribution in [1.82, 2.24) is 10.6 Å². The van der Waals surface area contributed by atoms with Crippen molar-refractivity contribution >= 4 is 6.03 Å². The summed E-state index contributed by atoms with van der Waals surface area (Å²) in [5, 5.41) is 5.76. The third kappa shape index (κ3) is 13.3. The first-order valence-electron chi connectivity index (χ1n) is 7.83. The predicted octanol–water partition coefficient (Wildman–Crippen LogP) is 4.23. The largest absolute Gasteiger partial charge is 0.338 e. The Kier molecular flexibility index (Phi) is 13.8. The lowest BCUT2D eigenvalue weighted by Gasteiger charge is -2.06. The SMILES string of the molecule is CCCCCCCCCCNC(=O)NCCCC. The predicted molar refractivity (Wildman–Crippen MR) is 78.9 cm³/mol. The molecule has 18 heavy (non-hydrogen) atoms. The summed E-state index contributed by atoms with van der Waals surface area (Å²) in [4.78, 5) is 11.3. The smallest absolute Gasteiger partial charge is 0.314 e. The Morgan fingerprint density at radius 3 is 1.67 bits per heavy atom. The van der Waals surface area contributed by atoms with Crippen molar-refractivity contribution in [2.24, 2.45) is 0 Å². The summed E-state index contributed by atoms with van der Waals surface area (Å²) in [6.45, 7) is 5.98. The van der Waals surface area contributed by atoms with E-state index in [1.54, 1.807) is 0 Å². The lowest BCUT2D eigenvalue weighted by molar-refractivity contribution is 0.240. The fourth-order valence-corrected chi connectivity index (χ4v) is 1.90. The molecule has 0 aromatic carbocycles. The normalized spacial score (nSPS) is 10.3. The highest BCUT2D eigenvalue weighted by Crippen LogP contribution is 2.07. The Hall–Kier alpha value is -0.730. The van der Waals surface area contributed by atoms with Gasteiger partial charge in [-0.05, 0) is 12.8 Å². The molecule has 0 rings (SSSR count). The molecule has 0 aliphatic heterocycles. The molecule has 3 nitrogen and oxygen atoms in total. The van der Waals surface area contributed by atoms with E-state index in [2.05, 4.69) is 24.5 Å². The van der Waals surface area contributed by atoms with Crippen LogP contribution in [-0.4, -0.2) is 19.1 Å². The van der Waals surface area contributed by atoms with Crippen LogP contribution in [0.2, 0.25) is 0 Å². The monoisotopic (exact) mass is 256 g/mol. The molecule has 3 heteroatoms. The number of rotatable bonds is 12. The van der Waals surface area contributed by atoms with Gasteiger partial charge in [0, 0.05) is 13.1 Å². The summed E-state index contributed by atoms with van der Waals surface area (Å²) < 4.78 is 0. The van der Waals surface area contributed by atoms with Gasteiger partial charge in [-0.1, -0.05) is 65.2 Å². The molecule has 0 unspecified atom stereocenters. The molecule has 0 saturated heterocycles. The van der Waals surface area contributed by atoms with Crippen molar-refractivity contribution < 1.29 is 4.79 Å². The number of urea groups is 1. The van der Waals surface area contributed by atoms with Crippen molar-refractivity contribution in [2.75, 3.05) is 13.1 Å². The van der Waals surface area contributed by atoms with E-state index < -0.39 is 0 Å². The third-order valence-electron chi connectivity index (χ3n) is 3.13. The molecule has 2 N–H and O–H groups in total. The second-order valence-electron chi connectivity index (χ2n) is 5.01. The third-order valence-corrected chi connectivity index (χ3v) is 3.13. The topological polar surface area (TPSA) is 41.1 Å². The van der Waals surface area contributed by atoms with Crippen molar-refractivity contribution in [2.45, 2.75) is 78.1 Å². The van der Waals surface area contributed by atoms with Crippen LogP contribution in [0.15, 0.2) is 0 Å². The Balaban J connectivity index is 3.08. The molecule has 0 aromatic heterocycles. The summed E-state index contributed by atoms with van der Waals surface area (Å²) in [5.74, 6) is 0. The number of carbonyl (C=O) groups is 1. The Morgan fingerprint density at radius 2 is 1.11 bits per heavy atom. The van der Waals surface area contributed by atoms with Crippen molar-refractivity contribution in [3.63, 3.8) is 0 Å². The lowest BCUT2D eigenvalue weighted by Crippen LogP contribution is -2.36. The van der Waals surface area contributed by atoms with Crippen LogP contribution in [0.4, 0.5) is 4.79 Å². The van der Waals surface area contributed by atoms with E-state index in [0.717, 1.165) is 32.4 Å². The fourth-order valence-electron chi connectivity index (χ4n) is 1.90. The lowest BCUT2D eigenvalue weighted by atomic mass is 10.1. The van der Waals surface area contributed by atoms with E-state index in [1.165, 1.54) is 44.9 Å². The molecule has 0 aliphatic rings. The maximum atomic E-state index is 11.3. The van der Waals surface area contributed by atoms with Crippen LogP contribution >= 0.6 is 0 Å². The molecule has 0 radical (unpaired) electrons. The zero-order chi connectivity index (χ0) is 13.5. The van der Waals surface area contributed by atoms with Gasteiger partial charge >= 0.3 is 6.03 Å². The van der Waals surface area contributed by atoms with Gasteiger partial charge in [0.1, 0.15) is 0 Å². The van der Waals surface area contributed by atoms with Crippen molar-refractivity contribution in [3.05, 3.63) is 0 Å². The zero-order valence-corrected chi connectivity index (χ0v) is 12.4. The minimum absolute atomic E-state index is 0.00797.